The van der Waals surface area contributed by atoms with Gasteiger partial charge in [-0.2, -0.15) is 0 Å². The van der Waals surface area contributed by atoms with Gasteiger partial charge in [0.1, 0.15) is 16.0 Å². The molecule has 0 unspecified atom stereocenters. The van der Waals surface area contributed by atoms with E-state index in [1.54, 1.807) is 0 Å². The first-order valence-corrected chi connectivity index (χ1v) is 51.8. The van der Waals surface area contributed by atoms with Crippen LogP contribution in [0, 0.1) is 0 Å². The van der Waals surface area contributed by atoms with Crippen LogP contribution in [-0.2, 0) is 37.3 Å². The fourth-order valence-electron chi connectivity index (χ4n) is 4.44. The Morgan fingerprint density at radius 2 is 0.702 bits per heavy atom. The third-order valence-electron chi connectivity index (χ3n) is 5.03. The summed E-state index contributed by atoms with van der Waals surface area (Å²) in [5.74, 6) is 0. The van der Waals surface area contributed by atoms with Crippen molar-refractivity contribution in [2.45, 2.75) is 163 Å². The number of rotatable bonds is 21. The van der Waals surface area contributed by atoms with Crippen LogP contribution in [0.3, 0.4) is 0 Å². The van der Waals surface area contributed by atoms with Crippen LogP contribution in [0.5, 0.6) is 0 Å². The molecule has 0 aromatic rings. The molecule has 0 aliphatic heterocycles. The quantitative estimate of drug-likeness (QED) is 0.106. The lowest BCUT2D eigenvalue weighted by Gasteiger charge is -2.44. The van der Waals surface area contributed by atoms with Crippen molar-refractivity contribution in [3.05, 3.63) is 0 Å². The third-order valence-corrected chi connectivity index (χ3v) is 41.9. The van der Waals surface area contributed by atoms with Crippen LogP contribution < -0.4 is 0 Å². The number of hydrogen-bond acceptors (Lipinski definition) is 9. The van der Waals surface area contributed by atoms with Gasteiger partial charge in [-0.1, -0.05) is 13.1 Å². The Balaban J connectivity index is 0. The largest absolute Gasteiger partial charge is 0.638 e. The van der Waals surface area contributed by atoms with Gasteiger partial charge in [-0.05, 0) is 150 Å². The van der Waals surface area contributed by atoms with Gasteiger partial charge in [0.25, 0.3) is 0 Å². The molecule has 0 heterocycles. The van der Waals surface area contributed by atoms with Gasteiger partial charge < -0.3 is 37.3 Å². The molecule has 0 saturated carbocycles. The Hall–Kier alpha value is 2.24. The van der Waals surface area contributed by atoms with Gasteiger partial charge in [0.05, 0.1) is 0 Å². The van der Waals surface area contributed by atoms with Crippen molar-refractivity contribution in [3.8, 4) is 0 Å². The Kier molecular flexibility index (Phi) is 20.8. The van der Waals surface area contributed by atoms with Crippen molar-refractivity contribution < 1.29 is 37.3 Å². The van der Waals surface area contributed by atoms with Crippen LogP contribution in [0.4, 0.5) is 0 Å². The minimum atomic E-state index is -3.23. The topological polar surface area (TPSA) is 83.1 Å². The standard InChI is InChI=1S/C14H42O4Si6.C12H38O5Si6/c1-19-14-23(11,12)15-13-24(16-20(2,3)4,17-21(5,6)7)18-22(8,9)10;1-18-13-22(11,12)17-23(14-19(2,3)4,15-20(5,6)7)16-21(8,9)10/h13-14,19H2,1-12H3;18H2,1-12H3. The molecule has 47 heavy (non-hydrogen) atoms. The first-order chi connectivity index (χ1) is 20.3. The minimum absolute atomic E-state index is 0.000472. The lowest BCUT2D eigenvalue weighted by molar-refractivity contribution is 0.136. The van der Waals surface area contributed by atoms with E-state index in [0.29, 0.717) is 6.23 Å². The Morgan fingerprint density at radius 3 is 0.936 bits per heavy atom. The summed E-state index contributed by atoms with van der Waals surface area (Å²) in [5.41, 5.74) is 1.30. The maximum Gasteiger partial charge on any atom is 0.638 e. The Morgan fingerprint density at radius 1 is 0.404 bits per heavy atom. The van der Waals surface area contributed by atoms with Gasteiger partial charge >= 0.3 is 26.4 Å². The Labute approximate surface area is 308 Å². The highest BCUT2D eigenvalue weighted by molar-refractivity contribution is 6.92. The predicted octanol–water partition coefficient (Wildman–Crippen LogP) is 8.26. The zero-order chi connectivity index (χ0) is 38.2. The Bertz CT molecular complexity index is 820. The first-order valence-electron chi connectivity index (χ1n) is 17.5. The summed E-state index contributed by atoms with van der Waals surface area (Å²) in [7, 11) is -21.7. The molecule has 286 valence electrons. The van der Waals surface area contributed by atoms with Crippen molar-refractivity contribution in [3.63, 3.8) is 0 Å². The molecule has 0 atom stereocenters. The smallest absolute Gasteiger partial charge is 0.442 e. The molecule has 0 bridgehead atoms. The summed E-state index contributed by atoms with van der Waals surface area (Å²) >= 11 is 0. The van der Waals surface area contributed by atoms with E-state index in [4.69, 9.17) is 37.3 Å². The molecular weight excluding hydrogens is 793 g/mol. The summed E-state index contributed by atoms with van der Waals surface area (Å²) in [6, 6.07) is 0. The lowest BCUT2D eigenvalue weighted by atomic mass is 11.7. The van der Waals surface area contributed by atoms with Crippen LogP contribution in [0.15, 0.2) is 0 Å². The number of hydrogen-bond donors (Lipinski definition) is 0. The predicted molar refractivity (Wildman–Crippen MR) is 235 cm³/mol. The van der Waals surface area contributed by atoms with Crippen LogP contribution >= 0.6 is 0 Å². The van der Waals surface area contributed by atoms with E-state index in [2.05, 4.69) is 157 Å². The van der Waals surface area contributed by atoms with Gasteiger partial charge in [0.15, 0.2) is 58.2 Å². The molecule has 0 radical (unpaired) electrons. The van der Waals surface area contributed by atoms with E-state index in [1.165, 1.54) is 5.67 Å². The van der Waals surface area contributed by atoms with Crippen molar-refractivity contribution in [1.29, 1.82) is 0 Å². The molecule has 0 aromatic heterocycles. The average Bonchev–Trinajstić information content (AvgIpc) is 2.63. The lowest BCUT2D eigenvalue weighted by Crippen LogP contribution is -2.66. The summed E-state index contributed by atoms with van der Waals surface area (Å²) in [6.07, 6.45) is 0.541. The maximum absolute atomic E-state index is 6.66. The summed E-state index contributed by atoms with van der Waals surface area (Å²) < 4.78 is 58.6. The van der Waals surface area contributed by atoms with Gasteiger partial charge in [-0.25, -0.2) is 0 Å². The maximum atomic E-state index is 6.66. The van der Waals surface area contributed by atoms with E-state index >= 15 is 0 Å². The third kappa shape index (κ3) is 29.4. The zero-order valence-electron chi connectivity index (χ0n) is 35.5. The van der Waals surface area contributed by atoms with E-state index in [9.17, 15) is 0 Å². The highest BCUT2D eigenvalue weighted by Gasteiger charge is 2.57. The SMILES string of the molecule is C[SiH2]C[Si](C)(C)OC[Si](O[Si](C)(C)C)(O[Si](C)(C)C)O[Si](C)(C)C.C[SiH2]O[Si](C)(C)O[Si](O[Si](C)(C)C)(O[Si](C)(C)C)O[Si](C)(C)C. The molecule has 0 aromatic carbocycles. The van der Waals surface area contributed by atoms with E-state index in [1.807, 2.05) is 0 Å². The molecule has 0 saturated heterocycles. The average molecular weight is 874 g/mol. The fourth-order valence-corrected chi connectivity index (χ4v) is 43.8. The van der Waals surface area contributed by atoms with Gasteiger partial charge in [-0.15, -0.1) is 0 Å². The summed E-state index contributed by atoms with van der Waals surface area (Å²) in [5, 5.41) is 0. The summed E-state index contributed by atoms with van der Waals surface area (Å²) in [6.45, 7) is 52.6. The monoisotopic (exact) mass is 872 g/mol. The zero-order valence-corrected chi connectivity index (χ0v) is 48.3. The highest BCUT2D eigenvalue weighted by atomic mass is 28.5. The van der Waals surface area contributed by atoms with Crippen molar-refractivity contribution in [1.82, 2.24) is 0 Å². The molecule has 0 spiro atoms. The molecule has 21 heteroatoms. The van der Waals surface area contributed by atoms with Crippen LogP contribution in [-0.4, -0.2) is 110 Å². The van der Waals surface area contributed by atoms with E-state index < -0.39 is 94.4 Å². The molecule has 0 amide bonds. The van der Waals surface area contributed by atoms with Gasteiger partial charge in [0.2, 0.25) is 0 Å². The second-order valence-corrected chi connectivity index (χ2v) is 64.3. The minimum Gasteiger partial charge on any atom is -0.442 e. The van der Waals surface area contributed by atoms with Gasteiger partial charge in [-0.3, -0.25) is 0 Å². The van der Waals surface area contributed by atoms with Crippen molar-refractivity contribution in [2.24, 2.45) is 0 Å². The molecule has 9 nitrogen and oxygen atoms in total. The van der Waals surface area contributed by atoms with Crippen LogP contribution in [0.2, 0.25) is 163 Å². The molecule has 0 aliphatic rings. The van der Waals surface area contributed by atoms with Crippen LogP contribution in [0.1, 0.15) is 0 Å². The molecule has 0 fully saturated rings. The van der Waals surface area contributed by atoms with Crippen LogP contribution in [0.25, 0.3) is 0 Å². The van der Waals surface area contributed by atoms with E-state index in [0.717, 1.165) is 0 Å². The first kappa shape index (κ1) is 51.3. The molecule has 0 aliphatic carbocycles. The summed E-state index contributed by atoms with van der Waals surface area (Å²) in [4.78, 5) is 0. The highest BCUT2D eigenvalue weighted by Crippen LogP contribution is 2.30. The normalized spacial score (nSPS) is 15.6. The van der Waals surface area contributed by atoms with E-state index in [-0.39, 0.29) is 9.52 Å². The second-order valence-electron chi connectivity index (χ2n) is 19.2. The molecular formula is C26H80O9Si12. The fraction of sp³-hybridized carbons (Fsp3) is 1.00. The molecule has 0 rings (SSSR count). The van der Waals surface area contributed by atoms with Crippen molar-refractivity contribution in [2.75, 3.05) is 6.23 Å². The molecule has 0 N–H and O–H groups in total. The van der Waals surface area contributed by atoms with Crippen molar-refractivity contribution >= 4 is 104 Å². The van der Waals surface area contributed by atoms with Gasteiger partial charge in [0, 0.05) is 9.52 Å². The second kappa shape index (κ2) is 19.0.